The van der Waals surface area contributed by atoms with Crippen LogP contribution < -0.4 is 10.1 Å². The maximum atomic E-state index is 5.96. The molecule has 2 rings (SSSR count). The Morgan fingerprint density at radius 3 is 2.36 bits per heavy atom. The standard InChI is InChI=1S/C22H37NO2/c1-17(2)22(12-14-24-21(5,6)16-22)11-13-23-15-19-7-9-20(10-8-19)25-18(3)4/h7-10,17-18,23H,11-16H2,1-6H3/p+1/t22-/m0/s1. The van der Waals surface area contributed by atoms with Crippen molar-refractivity contribution in [2.24, 2.45) is 11.3 Å². The minimum Gasteiger partial charge on any atom is -0.491 e. The number of rotatable bonds is 8. The molecule has 0 amide bonds. The summed E-state index contributed by atoms with van der Waals surface area (Å²) in [5.74, 6) is 1.67. The predicted octanol–water partition coefficient (Wildman–Crippen LogP) is 4.16. The average Bonchev–Trinajstić information content (AvgIpc) is 2.51. The lowest BCUT2D eigenvalue weighted by Crippen LogP contribution is -2.83. The van der Waals surface area contributed by atoms with Crippen molar-refractivity contribution in [3.8, 4) is 5.75 Å². The molecule has 0 unspecified atom stereocenters. The number of hydrogen-bond donors (Lipinski definition) is 1. The van der Waals surface area contributed by atoms with Gasteiger partial charge in [-0.15, -0.1) is 0 Å². The number of quaternary nitrogens is 1. The zero-order valence-electron chi connectivity index (χ0n) is 17.1. The summed E-state index contributed by atoms with van der Waals surface area (Å²) in [6.07, 6.45) is 3.87. The molecule has 1 atom stereocenters. The number of hydrogen-bond acceptors (Lipinski definition) is 2. The third-order valence-corrected chi connectivity index (χ3v) is 5.62. The molecule has 1 aliphatic rings. The van der Waals surface area contributed by atoms with Crippen molar-refractivity contribution in [2.45, 2.75) is 79.1 Å². The molecule has 25 heavy (non-hydrogen) atoms. The highest BCUT2D eigenvalue weighted by Gasteiger charge is 2.42. The summed E-state index contributed by atoms with van der Waals surface area (Å²) >= 11 is 0. The quantitative estimate of drug-likeness (QED) is 0.716. The van der Waals surface area contributed by atoms with Gasteiger partial charge in [0.05, 0.1) is 18.2 Å². The summed E-state index contributed by atoms with van der Waals surface area (Å²) in [5, 5.41) is 2.45. The summed E-state index contributed by atoms with van der Waals surface area (Å²) < 4.78 is 11.7. The van der Waals surface area contributed by atoms with Crippen LogP contribution in [-0.2, 0) is 11.3 Å². The van der Waals surface area contributed by atoms with Crippen LogP contribution in [0.3, 0.4) is 0 Å². The molecule has 1 fully saturated rings. The van der Waals surface area contributed by atoms with Crippen LogP contribution in [0.4, 0.5) is 0 Å². The molecule has 1 aromatic carbocycles. The molecule has 142 valence electrons. The molecule has 1 saturated heterocycles. The van der Waals surface area contributed by atoms with Gasteiger partial charge in [0.1, 0.15) is 12.3 Å². The van der Waals surface area contributed by atoms with Crippen LogP contribution in [0, 0.1) is 11.3 Å². The van der Waals surface area contributed by atoms with E-state index in [4.69, 9.17) is 9.47 Å². The molecule has 0 aliphatic carbocycles. The highest BCUT2D eigenvalue weighted by atomic mass is 16.5. The molecule has 0 aromatic heterocycles. The minimum absolute atomic E-state index is 0.0226. The third-order valence-electron chi connectivity index (χ3n) is 5.62. The van der Waals surface area contributed by atoms with Crippen LogP contribution in [0.1, 0.15) is 66.4 Å². The van der Waals surface area contributed by atoms with Crippen molar-refractivity contribution >= 4 is 0 Å². The van der Waals surface area contributed by atoms with Gasteiger partial charge >= 0.3 is 0 Å². The van der Waals surface area contributed by atoms with E-state index in [1.54, 1.807) is 0 Å². The largest absolute Gasteiger partial charge is 0.491 e. The Hall–Kier alpha value is -1.06. The maximum Gasteiger partial charge on any atom is 0.119 e. The van der Waals surface area contributed by atoms with Crippen molar-refractivity contribution in [1.29, 1.82) is 0 Å². The zero-order valence-corrected chi connectivity index (χ0v) is 17.1. The van der Waals surface area contributed by atoms with Gasteiger partial charge in [0.15, 0.2) is 0 Å². The lowest BCUT2D eigenvalue weighted by atomic mass is 9.65. The fourth-order valence-corrected chi connectivity index (χ4v) is 4.15. The van der Waals surface area contributed by atoms with Gasteiger partial charge in [0.25, 0.3) is 0 Å². The van der Waals surface area contributed by atoms with Gasteiger partial charge in [-0.25, -0.2) is 0 Å². The molecule has 3 heteroatoms. The third kappa shape index (κ3) is 6.00. The Morgan fingerprint density at radius 2 is 1.80 bits per heavy atom. The Kier molecular flexibility index (Phi) is 6.93. The molecule has 3 nitrogen and oxygen atoms in total. The second kappa shape index (κ2) is 8.55. The van der Waals surface area contributed by atoms with Gasteiger partial charge in [0, 0.05) is 18.6 Å². The van der Waals surface area contributed by atoms with E-state index in [1.165, 1.54) is 31.4 Å². The van der Waals surface area contributed by atoms with Gasteiger partial charge in [-0.05, 0) is 76.1 Å². The molecule has 2 N–H and O–H groups in total. The van der Waals surface area contributed by atoms with Gasteiger partial charge in [0.2, 0.25) is 0 Å². The highest BCUT2D eigenvalue weighted by molar-refractivity contribution is 5.26. The lowest BCUT2D eigenvalue weighted by Gasteiger charge is -2.47. The minimum atomic E-state index is 0.0226. The Bertz CT molecular complexity index is 521. The fourth-order valence-electron chi connectivity index (χ4n) is 4.15. The molecule has 0 bridgehead atoms. The maximum absolute atomic E-state index is 5.96. The smallest absolute Gasteiger partial charge is 0.119 e. The first-order valence-electron chi connectivity index (χ1n) is 9.94. The number of nitrogens with two attached hydrogens (primary N) is 1. The van der Waals surface area contributed by atoms with E-state index in [1.807, 2.05) is 0 Å². The summed E-state index contributed by atoms with van der Waals surface area (Å²) in [6.45, 7) is 16.5. The number of benzene rings is 1. The van der Waals surface area contributed by atoms with E-state index in [-0.39, 0.29) is 11.7 Å². The SMILES string of the molecule is CC(C)Oc1ccc(C[NH2+]CC[C@]2(C(C)C)CCOC(C)(C)C2)cc1. The monoisotopic (exact) mass is 348 g/mol. The second-order valence-corrected chi connectivity index (χ2v) is 8.89. The van der Waals surface area contributed by atoms with E-state index in [0.29, 0.717) is 11.3 Å². The number of ether oxygens (including phenoxy) is 2. The first-order chi connectivity index (χ1) is 11.7. The van der Waals surface area contributed by atoms with Crippen LogP contribution in [0.15, 0.2) is 24.3 Å². The summed E-state index contributed by atoms with van der Waals surface area (Å²) in [7, 11) is 0. The Balaban J connectivity index is 1.82. The fraction of sp³-hybridized carbons (Fsp3) is 0.727. The van der Waals surface area contributed by atoms with Crippen molar-refractivity contribution < 1.29 is 14.8 Å². The molecule has 0 spiro atoms. The normalized spacial score (nSPS) is 23.2. The van der Waals surface area contributed by atoms with E-state index in [9.17, 15) is 0 Å². The van der Waals surface area contributed by atoms with Crippen LogP contribution in [0.5, 0.6) is 5.75 Å². The molecule has 0 radical (unpaired) electrons. The van der Waals surface area contributed by atoms with Crippen LogP contribution in [0.2, 0.25) is 0 Å². The molecule has 0 saturated carbocycles. The van der Waals surface area contributed by atoms with Crippen LogP contribution in [0.25, 0.3) is 0 Å². The molecule has 1 aromatic rings. The van der Waals surface area contributed by atoms with E-state index < -0.39 is 0 Å². The zero-order chi connectivity index (χ0) is 18.5. The first kappa shape index (κ1) is 20.3. The second-order valence-electron chi connectivity index (χ2n) is 8.89. The van der Waals surface area contributed by atoms with Crippen molar-refractivity contribution in [3.05, 3.63) is 29.8 Å². The van der Waals surface area contributed by atoms with Gasteiger partial charge in [-0.3, -0.25) is 0 Å². The molecule has 1 aliphatic heterocycles. The van der Waals surface area contributed by atoms with Crippen molar-refractivity contribution in [3.63, 3.8) is 0 Å². The van der Waals surface area contributed by atoms with Gasteiger partial charge < -0.3 is 14.8 Å². The summed E-state index contributed by atoms with van der Waals surface area (Å²) in [6, 6.07) is 8.54. The first-order valence-corrected chi connectivity index (χ1v) is 9.94. The van der Waals surface area contributed by atoms with E-state index in [0.717, 1.165) is 18.9 Å². The van der Waals surface area contributed by atoms with E-state index >= 15 is 0 Å². The van der Waals surface area contributed by atoms with Crippen molar-refractivity contribution in [2.75, 3.05) is 13.2 Å². The molecular weight excluding hydrogens is 310 g/mol. The average molecular weight is 349 g/mol. The molecule has 1 heterocycles. The summed E-state index contributed by atoms with van der Waals surface area (Å²) in [5.41, 5.74) is 1.81. The van der Waals surface area contributed by atoms with Gasteiger partial charge in [-0.1, -0.05) is 13.8 Å². The lowest BCUT2D eigenvalue weighted by molar-refractivity contribution is -0.672. The predicted molar refractivity (Wildman–Crippen MR) is 104 cm³/mol. The Labute approximate surface area is 154 Å². The molecular formula is C22H38NO2+. The van der Waals surface area contributed by atoms with Crippen molar-refractivity contribution in [1.82, 2.24) is 0 Å². The topological polar surface area (TPSA) is 35.1 Å². The van der Waals surface area contributed by atoms with Gasteiger partial charge in [-0.2, -0.15) is 0 Å². The highest BCUT2D eigenvalue weighted by Crippen LogP contribution is 2.46. The Morgan fingerprint density at radius 1 is 1.12 bits per heavy atom. The van der Waals surface area contributed by atoms with Crippen LogP contribution >= 0.6 is 0 Å². The summed E-state index contributed by atoms with van der Waals surface area (Å²) in [4.78, 5) is 0. The van der Waals surface area contributed by atoms with Crippen LogP contribution in [-0.4, -0.2) is 24.9 Å². The van der Waals surface area contributed by atoms with E-state index in [2.05, 4.69) is 71.1 Å².